The van der Waals surface area contributed by atoms with Gasteiger partial charge in [0.2, 0.25) is 10.0 Å². The average Bonchev–Trinajstić information content (AvgIpc) is 2.39. The Labute approximate surface area is 116 Å². The van der Waals surface area contributed by atoms with Crippen LogP contribution >= 0.6 is 11.8 Å². The first-order chi connectivity index (χ1) is 8.99. The van der Waals surface area contributed by atoms with Crippen molar-refractivity contribution in [1.29, 1.82) is 0 Å². The van der Waals surface area contributed by atoms with Gasteiger partial charge in [-0.2, -0.15) is 11.8 Å². The lowest BCUT2D eigenvalue weighted by Gasteiger charge is -2.22. The van der Waals surface area contributed by atoms with E-state index in [4.69, 9.17) is 5.11 Å². The molecule has 0 spiro atoms. The maximum Gasteiger partial charge on any atom is 0.335 e. The summed E-state index contributed by atoms with van der Waals surface area (Å²) in [5, 5.41) is 8.77. The van der Waals surface area contributed by atoms with Crippen molar-refractivity contribution in [2.75, 3.05) is 11.5 Å². The Morgan fingerprint density at radius 2 is 2.00 bits per heavy atom. The normalized spacial score (nSPS) is 20.1. The molecule has 0 aromatic heterocycles. The van der Waals surface area contributed by atoms with Crippen molar-refractivity contribution in [3.63, 3.8) is 0 Å². The van der Waals surface area contributed by atoms with Gasteiger partial charge >= 0.3 is 5.97 Å². The van der Waals surface area contributed by atoms with Crippen LogP contribution in [0.4, 0.5) is 0 Å². The third kappa shape index (κ3) is 3.71. The summed E-state index contributed by atoms with van der Waals surface area (Å²) in [5.41, 5.74) is 0.0761. The van der Waals surface area contributed by atoms with Crippen molar-refractivity contribution in [3.05, 3.63) is 29.8 Å². The molecule has 1 aliphatic heterocycles. The predicted molar refractivity (Wildman–Crippen MR) is 74.1 cm³/mol. The van der Waals surface area contributed by atoms with E-state index < -0.39 is 16.0 Å². The molecule has 104 valence electrons. The zero-order valence-corrected chi connectivity index (χ0v) is 11.8. The van der Waals surface area contributed by atoms with Gasteiger partial charge in [-0.3, -0.25) is 0 Å². The maximum absolute atomic E-state index is 12.1. The largest absolute Gasteiger partial charge is 0.478 e. The fraction of sp³-hybridized carbons (Fsp3) is 0.417. The number of rotatable bonds is 4. The van der Waals surface area contributed by atoms with Gasteiger partial charge in [-0.25, -0.2) is 17.9 Å². The monoisotopic (exact) mass is 301 g/mol. The van der Waals surface area contributed by atoms with Crippen molar-refractivity contribution in [3.8, 4) is 0 Å². The summed E-state index contributed by atoms with van der Waals surface area (Å²) in [6.45, 7) is 0. The maximum atomic E-state index is 12.1. The lowest BCUT2D eigenvalue weighted by atomic mass is 10.2. The van der Waals surface area contributed by atoms with Crippen LogP contribution < -0.4 is 4.72 Å². The molecule has 1 aliphatic rings. The number of carbonyl (C=O) groups is 1. The van der Waals surface area contributed by atoms with E-state index in [0.29, 0.717) is 0 Å². The van der Waals surface area contributed by atoms with Crippen molar-refractivity contribution in [2.24, 2.45) is 0 Å². The van der Waals surface area contributed by atoms with Crippen LogP contribution in [0.25, 0.3) is 0 Å². The Morgan fingerprint density at radius 3 is 2.53 bits per heavy atom. The second kappa shape index (κ2) is 5.94. The number of aromatic carboxylic acids is 1. The van der Waals surface area contributed by atoms with Crippen LogP contribution in [0.15, 0.2) is 29.2 Å². The molecule has 1 atom stereocenters. The lowest BCUT2D eigenvalue weighted by molar-refractivity contribution is 0.0696. The molecule has 0 amide bonds. The fourth-order valence-corrected chi connectivity index (χ4v) is 4.35. The molecule has 1 heterocycles. The summed E-state index contributed by atoms with van der Waals surface area (Å²) < 4.78 is 26.9. The van der Waals surface area contributed by atoms with Crippen LogP contribution in [0.3, 0.4) is 0 Å². The summed E-state index contributed by atoms with van der Waals surface area (Å²) in [5.74, 6) is 0.790. The van der Waals surface area contributed by atoms with Gasteiger partial charge in [-0.05, 0) is 42.9 Å². The molecule has 5 nitrogen and oxygen atoms in total. The van der Waals surface area contributed by atoms with Crippen LogP contribution in [0.1, 0.15) is 23.2 Å². The van der Waals surface area contributed by atoms with Crippen molar-refractivity contribution >= 4 is 27.8 Å². The molecule has 1 saturated heterocycles. The third-order valence-corrected chi connectivity index (χ3v) is 5.65. The number of sulfonamides is 1. The first kappa shape index (κ1) is 14.4. The van der Waals surface area contributed by atoms with Crippen LogP contribution in [0.5, 0.6) is 0 Å². The van der Waals surface area contributed by atoms with E-state index >= 15 is 0 Å². The van der Waals surface area contributed by atoms with E-state index in [1.54, 1.807) is 11.8 Å². The zero-order valence-electron chi connectivity index (χ0n) is 10.2. The Bertz CT molecular complexity index is 548. The van der Waals surface area contributed by atoms with Crippen LogP contribution in [-0.2, 0) is 10.0 Å². The zero-order chi connectivity index (χ0) is 13.9. The summed E-state index contributed by atoms with van der Waals surface area (Å²) in [6.07, 6.45) is 1.86. The van der Waals surface area contributed by atoms with Gasteiger partial charge in [0, 0.05) is 11.8 Å². The minimum atomic E-state index is -3.56. The van der Waals surface area contributed by atoms with E-state index in [0.717, 1.165) is 24.3 Å². The van der Waals surface area contributed by atoms with Gasteiger partial charge in [0.15, 0.2) is 0 Å². The first-order valence-electron chi connectivity index (χ1n) is 5.92. The molecule has 1 aromatic carbocycles. The molecule has 1 fully saturated rings. The number of carboxylic acids is 1. The summed E-state index contributed by atoms with van der Waals surface area (Å²) in [4.78, 5) is 10.8. The highest BCUT2D eigenvalue weighted by atomic mass is 32.2. The average molecular weight is 301 g/mol. The van der Waals surface area contributed by atoms with Gasteiger partial charge in [-0.15, -0.1) is 0 Å². The quantitative estimate of drug-likeness (QED) is 0.881. The van der Waals surface area contributed by atoms with E-state index in [1.807, 2.05) is 0 Å². The number of nitrogens with one attached hydrogen (secondary N) is 1. The highest BCUT2D eigenvalue weighted by Gasteiger charge is 2.22. The van der Waals surface area contributed by atoms with Crippen LogP contribution in [0.2, 0.25) is 0 Å². The Balaban J connectivity index is 2.12. The molecular formula is C12H15NO4S2. The van der Waals surface area contributed by atoms with Gasteiger partial charge in [-0.1, -0.05) is 0 Å². The molecule has 7 heteroatoms. The van der Waals surface area contributed by atoms with Gasteiger partial charge in [0.05, 0.1) is 10.5 Å². The highest BCUT2D eigenvalue weighted by molar-refractivity contribution is 7.99. The standard InChI is InChI=1S/C12H15NO4S2/c14-12(15)9-3-5-11(6-4-9)19(16,17)13-10-2-1-7-18-8-10/h3-6,10,13H,1-2,7-8H2,(H,14,15). The lowest BCUT2D eigenvalue weighted by Crippen LogP contribution is -2.38. The third-order valence-electron chi connectivity index (χ3n) is 2.89. The fourth-order valence-electron chi connectivity index (χ4n) is 1.90. The number of hydrogen-bond donors (Lipinski definition) is 2. The first-order valence-corrected chi connectivity index (χ1v) is 8.56. The number of benzene rings is 1. The van der Waals surface area contributed by atoms with Crippen molar-refractivity contribution in [1.82, 2.24) is 4.72 Å². The number of carboxylic acid groups (broad SMARTS) is 1. The second-order valence-electron chi connectivity index (χ2n) is 4.36. The smallest absolute Gasteiger partial charge is 0.335 e. The Kier molecular flexibility index (Phi) is 4.49. The second-order valence-corrected chi connectivity index (χ2v) is 7.23. The molecule has 1 aromatic rings. The van der Waals surface area contributed by atoms with Gasteiger partial charge in [0.1, 0.15) is 0 Å². The predicted octanol–water partition coefficient (Wildman–Crippen LogP) is 1.56. The minimum absolute atomic E-state index is 0.0390. The molecule has 2 N–H and O–H groups in total. The molecule has 0 radical (unpaired) electrons. The van der Waals surface area contributed by atoms with E-state index in [1.165, 1.54) is 24.3 Å². The highest BCUT2D eigenvalue weighted by Crippen LogP contribution is 2.19. The molecule has 0 bridgehead atoms. The summed E-state index contributed by atoms with van der Waals surface area (Å²) in [7, 11) is -3.56. The molecular weight excluding hydrogens is 286 g/mol. The van der Waals surface area contributed by atoms with Crippen molar-refractivity contribution < 1.29 is 18.3 Å². The molecule has 2 rings (SSSR count). The van der Waals surface area contributed by atoms with E-state index in [2.05, 4.69) is 4.72 Å². The number of thioether (sulfide) groups is 1. The molecule has 0 aliphatic carbocycles. The number of hydrogen-bond acceptors (Lipinski definition) is 4. The van der Waals surface area contributed by atoms with E-state index in [9.17, 15) is 13.2 Å². The Morgan fingerprint density at radius 1 is 1.32 bits per heavy atom. The topological polar surface area (TPSA) is 83.5 Å². The van der Waals surface area contributed by atoms with Crippen molar-refractivity contribution in [2.45, 2.75) is 23.8 Å². The SMILES string of the molecule is O=C(O)c1ccc(S(=O)(=O)NC2CCCSC2)cc1. The summed E-state index contributed by atoms with van der Waals surface area (Å²) >= 11 is 1.74. The summed E-state index contributed by atoms with van der Waals surface area (Å²) in [6, 6.07) is 5.20. The molecule has 19 heavy (non-hydrogen) atoms. The molecule has 1 unspecified atom stereocenters. The van der Waals surface area contributed by atoms with Crippen LogP contribution in [-0.4, -0.2) is 37.0 Å². The Hall–Kier alpha value is -1.05. The van der Waals surface area contributed by atoms with Gasteiger partial charge < -0.3 is 5.11 Å². The van der Waals surface area contributed by atoms with Gasteiger partial charge in [0.25, 0.3) is 0 Å². The minimum Gasteiger partial charge on any atom is -0.478 e. The molecule has 0 saturated carbocycles. The van der Waals surface area contributed by atoms with E-state index in [-0.39, 0.29) is 16.5 Å². The van der Waals surface area contributed by atoms with Crippen LogP contribution in [0, 0.1) is 0 Å².